The van der Waals surface area contributed by atoms with Crippen LogP contribution in [-0.4, -0.2) is 28.8 Å². The zero-order valence-electron chi connectivity index (χ0n) is 14.4. The second-order valence-corrected chi connectivity index (χ2v) is 7.60. The van der Waals surface area contributed by atoms with E-state index in [1.54, 1.807) is 7.05 Å². The Kier molecular flexibility index (Phi) is 7.79. The average molecular weight is 364 g/mol. The molecule has 0 unspecified atom stereocenters. The molecular formula is C19H25NO2S2. The highest BCUT2D eigenvalue weighted by Crippen LogP contribution is 2.31. The number of thioether (sulfide) groups is 1. The molecule has 5 heteroatoms. The van der Waals surface area contributed by atoms with Gasteiger partial charge in [0.05, 0.1) is 11.5 Å². The molecule has 1 aromatic carbocycles. The molecule has 0 atom stereocenters. The van der Waals surface area contributed by atoms with E-state index in [9.17, 15) is 4.79 Å². The Morgan fingerprint density at radius 1 is 1.12 bits per heavy atom. The third-order valence-electron chi connectivity index (χ3n) is 3.93. The first-order valence-electron chi connectivity index (χ1n) is 8.56. The molecule has 1 fully saturated rings. The molecule has 0 N–H and O–H groups in total. The normalized spacial score (nSPS) is 16.2. The van der Waals surface area contributed by atoms with Crippen LogP contribution in [0.5, 0.6) is 5.75 Å². The van der Waals surface area contributed by atoms with Crippen LogP contribution in [0.3, 0.4) is 0 Å². The van der Waals surface area contributed by atoms with Gasteiger partial charge in [-0.05, 0) is 30.2 Å². The summed E-state index contributed by atoms with van der Waals surface area (Å²) in [5.74, 6) is 0.845. The fraction of sp³-hybridized carbons (Fsp3) is 0.474. The highest BCUT2D eigenvalue weighted by Gasteiger charge is 2.28. The summed E-state index contributed by atoms with van der Waals surface area (Å²) < 4.78 is 6.37. The molecule has 1 saturated heterocycles. The minimum Gasteiger partial charge on any atom is -0.494 e. The molecule has 1 aliphatic heterocycles. The third kappa shape index (κ3) is 5.64. The quantitative estimate of drug-likeness (QED) is 0.340. The number of carbonyl (C=O) groups excluding carboxylic acids is 1. The Balaban J connectivity index is 1.77. The van der Waals surface area contributed by atoms with E-state index in [2.05, 4.69) is 6.92 Å². The van der Waals surface area contributed by atoms with E-state index >= 15 is 0 Å². The zero-order chi connectivity index (χ0) is 17.4. The first-order chi connectivity index (χ1) is 11.6. The highest BCUT2D eigenvalue weighted by atomic mass is 32.2. The molecule has 0 aromatic heterocycles. The molecule has 0 aliphatic carbocycles. The molecule has 0 bridgehead atoms. The van der Waals surface area contributed by atoms with Crippen molar-refractivity contribution in [2.24, 2.45) is 0 Å². The summed E-state index contributed by atoms with van der Waals surface area (Å²) in [5, 5.41) is 0. The van der Waals surface area contributed by atoms with Gasteiger partial charge in [-0.2, -0.15) is 0 Å². The number of ether oxygens (including phenoxy) is 1. The summed E-state index contributed by atoms with van der Waals surface area (Å²) in [6.45, 7) is 3.00. The molecule has 1 amide bonds. The lowest BCUT2D eigenvalue weighted by Crippen LogP contribution is -2.22. The van der Waals surface area contributed by atoms with Crippen molar-refractivity contribution < 1.29 is 9.53 Å². The van der Waals surface area contributed by atoms with Crippen molar-refractivity contribution in [1.29, 1.82) is 0 Å². The van der Waals surface area contributed by atoms with Gasteiger partial charge in [-0.25, -0.2) is 0 Å². The summed E-state index contributed by atoms with van der Waals surface area (Å²) in [4.78, 5) is 14.2. The van der Waals surface area contributed by atoms with Crippen LogP contribution < -0.4 is 4.74 Å². The molecule has 2 rings (SSSR count). The van der Waals surface area contributed by atoms with E-state index in [1.165, 1.54) is 48.8 Å². The molecule has 1 heterocycles. The van der Waals surface area contributed by atoms with Crippen molar-refractivity contribution in [3.05, 3.63) is 34.7 Å². The zero-order valence-corrected chi connectivity index (χ0v) is 16.0. The van der Waals surface area contributed by atoms with E-state index in [1.807, 2.05) is 30.3 Å². The van der Waals surface area contributed by atoms with Crippen LogP contribution in [0, 0.1) is 0 Å². The lowest BCUT2D eigenvalue weighted by atomic mass is 10.1. The van der Waals surface area contributed by atoms with Crippen molar-refractivity contribution in [1.82, 2.24) is 4.90 Å². The van der Waals surface area contributed by atoms with Crippen molar-refractivity contribution >= 4 is 40.3 Å². The summed E-state index contributed by atoms with van der Waals surface area (Å²) in [7, 11) is 1.71. The van der Waals surface area contributed by atoms with E-state index in [0.29, 0.717) is 9.23 Å². The maximum Gasteiger partial charge on any atom is 0.265 e. The Labute approximate surface area is 154 Å². The van der Waals surface area contributed by atoms with Crippen molar-refractivity contribution in [3.63, 3.8) is 0 Å². The first-order valence-corrected chi connectivity index (χ1v) is 9.78. The predicted molar refractivity (Wildman–Crippen MR) is 106 cm³/mol. The number of nitrogens with zero attached hydrogens (tertiary/aromatic N) is 1. The summed E-state index contributed by atoms with van der Waals surface area (Å²) >= 11 is 6.48. The van der Waals surface area contributed by atoms with Crippen LogP contribution in [-0.2, 0) is 4.79 Å². The number of rotatable bonds is 9. The standard InChI is InChI=1S/C19H25NO2S2/c1-3-4-5-6-7-8-13-22-16-11-9-15(10-12-16)14-17-18(21)20(2)19(23)24-17/h9-12,14H,3-8,13H2,1-2H3/b17-14+. The van der Waals surface area contributed by atoms with Crippen LogP contribution in [0.1, 0.15) is 51.0 Å². The van der Waals surface area contributed by atoms with Crippen LogP contribution in [0.4, 0.5) is 0 Å². The molecule has 0 spiro atoms. The van der Waals surface area contributed by atoms with E-state index in [0.717, 1.165) is 24.3 Å². The second-order valence-electron chi connectivity index (χ2n) is 5.93. The Bertz CT molecular complexity index is 596. The van der Waals surface area contributed by atoms with Gasteiger partial charge in [-0.1, -0.05) is 75.1 Å². The van der Waals surface area contributed by atoms with Gasteiger partial charge in [0.1, 0.15) is 10.1 Å². The number of amides is 1. The average Bonchev–Trinajstić information content (AvgIpc) is 2.82. The molecule has 130 valence electrons. The number of hydrogen-bond donors (Lipinski definition) is 0. The lowest BCUT2D eigenvalue weighted by molar-refractivity contribution is -0.121. The predicted octanol–water partition coefficient (Wildman–Crippen LogP) is 5.26. The van der Waals surface area contributed by atoms with Gasteiger partial charge >= 0.3 is 0 Å². The number of benzene rings is 1. The highest BCUT2D eigenvalue weighted by molar-refractivity contribution is 8.26. The van der Waals surface area contributed by atoms with Gasteiger partial charge in [-0.3, -0.25) is 9.69 Å². The van der Waals surface area contributed by atoms with Gasteiger partial charge in [0.25, 0.3) is 5.91 Å². The maximum absolute atomic E-state index is 12.0. The molecule has 0 saturated carbocycles. The summed E-state index contributed by atoms with van der Waals surface area (Å²) in [5.41, 5.74) is 0.982. The number of carbonyl (C=O) groups is 1. The van der Waals surface area contributed by atoms with E-state index in [-0.39, 0.29) is 5.91 Å². The molecular weight excluding hydrogens is 338 g/mol. The maximum atomic E-state index is 12.0. The van der Waals surface area contributed by atoms with Gasteiger partial charge in [0.15, 0.2) is 0 Å². The molecule has 1 aliphatic rings. The molecule has 24 heavy (non-hydrogen) atoms. The largest absolute Gasteiger partial charge is 0.494 e. The van der Waals surface area contributed by atoms with Crippen LogP contribution in [0.15, 0.2) is 29.2 Å². The molecule has 0 radical (unpaired) electrons. The molecule has 1 aromatic rings. The summed E-state index contributed by atoms with van der Waals surface area (Å²) in [6.07, 6.45) is 9.45. The van der Waals surface area contributed by atoms with Crippen molar-refractivity contribution in [2.75, 3.05) is 13.7 Å². The topological polar surface area (TPSA) is 29.5 Å². The fourth-order valence-corrected chi connectivity index (χ4v) is 3.61. The monoisotopic (exact) mass is 363 g/mol. The second kappa shape index (κ2) is 9.84. The minimum absolute atomic E-state index is 0.0339. The van der Waals surface area contributed by atoms with E-state index < -0.39 is 0 Å². The number of hydrogen-bond acceptors (Lipinski definition) is 4. The fourth-order valence-electron chi connectivity index (χ4n) is 2.43. The Morgan fingerprint density at radius 2 is 1.79 bits per heavy atom. The summed E-state index contributed by atoms with van der Waals surface area (Å²) in [6, 6.07) is 7.85. The Morgan fingerprint density at radius 3 is 2.42 bits per heavy atom. The van der Waals surface area contributed by atoms with Crippen LogP contribution >= 0.6 is 24.0 Å². The lowest BCUT2D eigenvalue weighted by Gasteiger charge is -2.06. The smallest absolute Gasteiger partial charge is 0.265 e. The molecule has 3 nitrogen and oxygen atoms in total. The minimum atomic E-state index is -0.0339. The number of unbranched alkanes of at least 4 members (excludes halogenated alkanes) is 5. The van der Waals surface area contributed by atoms with Crippen molar-refractivity contribution in [3.8, 4) is 5.75 Å². The third-order valence-corrected chi connectivity index (χ3v) is 5.42. The van der Waals surface area contributed by atoms with Crippen LogP contribution in [0.2, 0.25) is 0 Å². The SMILES string of the molecule is CCCCCCCCOc1ccc(/C=C2/SC(=S)N(C)C2=O)cc1. The van der Waals surface area contributed by atoms with Crippen LogP contribution in [0.25, 0.3) is 6.08 Å². The van der Waals surface area contributed by atoms with E-state index in [4.69, 9.17) is 17.0 Å². The first kappa shape index (κ1) is 19.0. The number of thiocarbonyl (C=S) groups is 1. The Hall–Kier alpha value is -1.33. The van der Waals surface area contributed by atoms with Gasteiger partial charge < -0.3 is 4.74 Å². The van der Waals surface area contributed by atoms with Crippen molar-refractivity contribution in [2.45, 2.75) is 45.4 Å². The van der Waals surface area contributed by atoms with Gasteiger partial charge in [-0.15, -0.1) is 0 Å². The van der Waals surface area contributed by atoms with Gasteiger partial charge in [0.2, 0.25) is 0 Å². The number of likely N-dealkylation sites (N-methyl/N-ethyl adjacent to an activating group) is 1. The van der Waals surface area contributed by atoms with Gasteiger partial charge in [0, 0.05) is 7.05 Å².